The number of aromatic nitrogens is 2. The number of nitrogens with one attached hydrogen (secondary N) is 1. The lowest BCUT2D eigenvalue weighted by Gasteiger charge is -2.12. The van der Waals surface area contributed by atoms with Crippen molar-refractivity contribution >= 4 is 35.0 Å². The van der Waals surface area contributed by atoms with Crippen LogP contribution in [-0.2, 0) is 4.79 Å². The summed E-state index contributed by atoms with van der Waals surface area (Å²) in [6.45, 7) is 1.60. The highest BCUT2D eigenvalue weighted by atomic mass is 35.5. The van der Waals surface area contributed by atoms with Gasteiger partial charge in [-0.05, 0) is 55.5 Å². The maximum absolute atomic E-state index is 13.0. The number of aromatic hydroxyl groups is 1. The minimum atomic E-state index is -0.847. The Morgan fingerprint density at radius 3 is 2.47 bits per heavy atom. The quantitative estimate of drug-likeness (QED) is 0.590. The predicted octanol–water partition coefficient (Wildman–Crippen LogP) is 2.70. The summed E-state index contributed by atoms with van der Waals surface area (Å²) in [6.07, 6.45) is 1.21. The molecule has 0 fully saturated rings. The average molecular weight is 453 g/mol. The molecular weight excluding hydrogens is 436 g/mol. The van der Waals surface area contributed by atoms with Crippen LogP contribution in [0.5, 0.6) is 11.6 Å². The zero-order valence-electron chi connectivity index (χ0n) is 17.0. The number of aromatic amines is 1. The molecule has 0 spiro atoms. The number of nitrogens with zero attached hydrogens (tertiary/aromatic N) is 3. The lowest BCUT2D eigenvalue weighted by molar-refractivity contribution is -0.114. The molecule has 2 heterocycles. The molecule has 0 radical (unpaired) electrons. The molecule has 0 saturated carbocycles. The molecule has 0 unspecified atom stereocenters. The summed E-state index contributed by atoms with van der Waals surface area (Å²) in [7, 11) is 1.53. The SMILES string of the molecule is COc1ccc(N2N=C(C)C(=Cc3c(O)n(-c4cccc(Cl)c4)c(=O)[nH]c3=O)C2=O)cc1. The number of rotatable bonds is 4. The highest BCUT2D eigenvalue weighted by molar-refractivity contribution is 6.32. The average Bonchev–Trinajstić information content (AvgIpc) is 3.04. The van der Waals surface area contributed by atoms with E-state index in [0.717, 1.165) is 4.57 Å². The van der Waals surface area contributed by atoms with E-state index in [4.69, 9.17) is 16.3 Å². The zero-order valence-corrected chi connectivity index (χ0v) is 17.8. The molecule has 2 aromatic carbocycles. The topological polar surface area (TPSA) is 117 Å². The van der Waals surface area contributed by atoms with Crippen LogP contribution in [0.1, 0.15) is 12.5 Å². The summed E-state index contributed by atoms with van der Waals surface area (Å²) in [5.41, 5.74) is -0.775. The lowest BCUT2D eigenvalue weighted by Crippen LogP contribution is -2.30. The fourth-order valence-corrected chi connectivity index (χ4v) is 3.43. The molecule has 0 saturated heterocycles. The highest BCUT2D eigenvalue weighted by Gasteiger charge is 2.30. The number of carbonyl (C=O) groups is 1. The summed E-state index contributed by atoms with van der Waals surface area (Å²) < 4.78 is 6.01. The van der Waals surface area contributed by atoms with E-state index in [9.17, 15) is 19.5 Å². The summed E-state index contributed by atoms with van der Waals surface area (Å²) in [5, 5.41) is 16.5. The van der Waals surface area contributed by atoms with Gasteiger partial charge in [0, 0.05) is 5.02 Å². The van der Waals surface area contributed by atoms with Crippen LogP contribution in [0.4, 0.5) is 5.69 Å². The molecule has 0 aliphatic carbocycles. The Bertz CT molecular complexity index is 1400. The number of amides is 1. The number of H-pyrrole nitrogens is 1. The van der Waals surface area contributed by atoms with Crippen molar-refractivity contribution in [3.8, 4) is 17.3 Å². The number of hydrogen-bond donors (Lipinski definition) is 2. The van der Waals surface area contributed by atoms with Gasteiger partial charge in [-0.15, -0.1) is 0 Å². The van der Waals surface area contributed by atoms with E-state index in [-0.39, 0.29) is 16.8 Å². The fraction of sp³-hybridized carbons (Fsp3) is 0.0909. The third-order valence-electron chi connectivity index (χ3n) is 4.86. The number of hydrazone groups is 1. The Morgan fingerprint density at radius 1 is 1.09 bits per heavy atom. The molecule has 1 aromatic heterocycles. The molecule has 1 amide bonds. The first-order valence-electron chi connectivity index (χ1n) is 9.40. The van der Waals surface area contributed by atoms with Crippen LogP contribution in [0.25, 0.3) is 11.8 Å². The maximum atomic E-state index is 13.0. The van der Waals surface area contributed by atoms with Crippen molar-refractivity contribution in [2.75, 3.05) is 12.1 Å². The van der Waals surface area contributed by atoms with Crippen molar-refractivity contribution in [2.45, 2.75) is 6.92 Å². The number of methoxy groups -OCH3 is 1. The molecule has 32 heavy (non-hydrogen) atoms. The summed E-state index contributed by atoms with van der Waals surface area (Å²) in [5.74, 6) is -0.499. The Balaban J connectivity index is 1.79. The van der Waals surface area contributed by atoms with E-state index < -0.39 is 23.0 Å². The van der Waals surface area contributed by atoms with Crippen LogP contribution >= 0.6 is 11.6 Å². The third kappa shape index (κ3) is 3.69. The van der Waals surface area contributed by atoms with E-state index >= 15 is 0 Å². The van der Waals surface area contributed by atoms with Gasteiger partial charge in [0.15, 0.2) is 0 Å². The number of benzene rings is 2. The van der Waals surface area contributed by atoms with Gasteiger partial charge in [0.2, 0.25) is 5.88 Å². The molecule has 1 aliphatic heterocycles. The molecule has 1 aliphatic rings. The van der Waals surface area contributed by atoms with E-state index in [0.29, 0.717) is 22.2 Å². The van der Waals surface area contributed by atoms with Crippen molar-refractivity contribution in [3.05, 3.63) is 85.5 Å². The van der Waals surface area contributed by atoms with Crippen LogP contribution < -0.4 is 21.0 Å². The van der Waals surface area contributed by atoms with Crippen LogP contribution in [0.15, 0.2) is 68.8 Å². The van der Waals surface area contributed by atoms with Crippen molar-refractivity contribution < 1.29 is 14.6 Å². The molecular formula is C22H17ClN4O5. The van der Waals surface area contributed by atoms with Crippen molar-refractivity contribution in [1.29, 1.82) is 0 Å². The normalized spacial score (nSPS) is 14.7. The monoisotopic (exact) mass is 452 g/mol. The molecule has 9 nitrogen and oxygen atoms in total. The van der Waals surface area contributed by atoms with Crippen LogP contribution in [-0.4, -0.2) is 33.4 Å². The molecule has 2 N–H and O–H groups in total. The third-order valence-corrected chi connectivity index (χ3v) is 5.09. The van der Waals surface area contributed by atoms with Crippen LogP contribution in [0, 0.1) is 0 Å². The summed E-state index contributed by atoms with van der Waals surface area (Å²) >= 11 is 5.98. The van der Waals surface area contributed by atoms with Gasteiger partial charge in [0.1, 0.15) is 11.3 Å². The number of anilines is 1. The molecule has 162 valence electrons. The maximum Gasteiger partial charge on any atom is 0.335 e. The Labute approximate surface area is 186 Å². The smallest absolute Gasteiger partial charge is 0.335 e. The zero-order chi connectivity index (χ0) is 23.0. The molecule has 10 heteroatoms. The largest absolute Gasteiger partial charge is 0.497 e. The van der Waals surface area contributed by atoms with Gasteiger partial charge in [0.25, 0.3) is 11.5 Å². The van der Waals surface area contributed by atoms with Gasteiger partial charge in [-0.2, -0.15) is 10.1 Å². The first-order chi connectivity index (χ1) is 15.3. The van der Waals surface area contributed by atoms with Gasteiger partial charge in [0.05, 0.1) is 29.8 Å². The second-order valence-electron chi connectivity index (χ2n) is 6.87. The first kappa shape index (κ1) is 21.1. The van der Waals surface area contributed by atoms with E-state index in [2.05, 4.69) is 10.1 Å². The molecule has 3 aromatic rings. The van der Waals surface area contributed by atoms with E-state index in [1.165, 1.54) is 24.3 Å². The molecule has 0 bridgehead atoms. The van der Waals surface area contributed by atoms with Crippen LogP contribution in [0.3, 0.4) is 0 Å². The lowest BCUT2D eigenvalue weighted by atomic mass is 10.1. The van der Waals surface area contributed by atoms with E-state index in [1.807, 2.05) is 0 Å². The Kier molecular flexibility index (Phi) is 5.41. The van der Waals surface area contributed by atoms with Crippen molar-refractivity contribution in [2.24, 2.45) is 5.10 Å². The minimum absolute atomic E-state index is 0.0953. The number of ether oxygens (including phenoxy) is 1. The highest BCUT2D eigenvalue weighted by Crippen LogP contribution is 2.28. The summed E-state index contributed by atoms with van der Waals surface area (Å²) in [4.78, 5) is 40.0. The molecule has 0 atom stereocenters. The Morgan fingerprint density at radius 2 is 1.81 bits per heavy atom. The van der Waals surface area contributed by atoms with Crippen LogP contribution in [0.2, 0.25) is 5.02 Å². The van der Waals surface area contributed by atoms with Crippen molar-refractivity contribution in [1.82, 2.24) is 9.55 Å². The van der Waals surface area contributed by atoms with Crippen molar-refractivity contribution in [3.63, 3.8) is 0 Å². The number of carbonyl (C=O) groups excluding carboxylic acids is 1. The van der Waals surface area contributed by atoms with Gasteiger partial charge in [-0.1, -0.05) is 17.7 Å². The number of halogens is 1. The number of hydrogen-bond acceptors (Lipinski definition) is 6. The van der Waals surface area contributed by atoms with Gasteiger partial charge in [-0.3, -0.25) is 14.6 Å². The minimum Gasteiger partial charge on any atom is -0.497 e. The predicted molar refractivity (Wildman–Crippen MR) is 121 cm³/mol. The second kappa shape index (κ2) is 8.20. The van der Waals surface area contributed by atoms with Gasteiger partial charge in [-0.25, -0.2) is 9.36 Å². The standard InChI is InChI=1S/C22H17ClN4O5/c1-12-17(21(30)27(25-12)14-6-8-16(32-2)9-7-14)11-18-19(28)24-22(31)26(20(18)29)15-5-3-4-13(23)10-15/h3-11,29H,1-2H3,(H,24,28,31). The fourth-order valence-electron chi connectivity index (χ4n) is 3.25. The molecule has 4 rings (SSSR count). The van der Waals surface area contributed by atoms with E-state index in [1.54, 1.807) is 49.4 Å². The first-order valence-corrected chi connectivity index (χ1v) is 9.78. The second-order valence-corrected chi connectivity index (χ2v) is 7.31. The summed E-state index contributed by atoms with van der Waals surface area (Å²) in [6, 6.07) is 12.9. The Hall–Kier alpha value is -4.11. The van der Waals surface area contributed by atoms with Gasteiger partial charge >= 0.3 is 5.69 Å². The van der Waals surface area contributed by atoms with Gasteiger partial charge < -0.3 is 9.84 Å².